The molecule has 0 aromatic carbocycles. The minimum atomic E-state index is 0.237. The van der Waals surface area contributed by atoms with Crippen LogP contribution >= 0.6 is 22.9 Å². The Morgan fingerprint density at radius 3 is 2.41 bits per heavy atom. The van der Waals surface area contributed by atoms with Gasteiger partial charge in [0.2, 0.25) is 5.82 Å². The van der Waals surface area contributed by atoms with Gasteiger partial charge in [0.05, 0.1) is 23.2 Å². The van der Waals surface area contributed by atoms with Crippen LogP contribution in [-0.4, -0.2) is 34.8 Å². The number of hydrazine groups is 1. The summed E-state index contributed by atoms with van der Waals surface area (Å²) in [5, 5.41) is 20.3. The molecule has 0 saturated carbocycles. The van der Waals surface area contributed by atoms with Crippen LogP contribution in [0.25, 0.3) is 22.5 Å². The van der Waals surface area contributed by atoms with Crippen LogP contribution in [0.4, 0.5) is 11.8 Å². The molecule has 6 aromatic heterocycles. The van der Waals surface area contributed by atoms with Gasteiger partial charge in [-0.2, -0.15) is 9.38 Å². The summed E-state index contributed by atoms with van der Waals surface area (Å²) in [5.74, 6) is 0.353. The molecule has 6 aromatic rings. The van der Waals surface area contributed by atoms with Crippen LogP contribution in [0.5, 0.6) is 0 Å². The summed E-state index contributed by atoms with van der Waals surface area (Å²) in [5.41, 5.74) is 4.57. The number of anilines is 2. The molecular weight excluding hydrogens is 514 g/mol. The van der Waals surface area contributed by atoms with E-state index in [1.54, 1.807) is 34.7 Å². The van der Waals surface area contributed by atoms with E-state index in [0.29, 0.717) is 34.3 Å². The van der Waals surface area contributed by atoms with Crippen LogP contribution in [0, 0.1) is 0 Å². The summed E-state index contributed by atoms with van der Waals surface area (Å²) in [6, 6.07) is 9.58. The first-order valence-corrected chi connectivity index (χ1v) is 12.5. The van der Waals surface area contributed by atoms with E-state index in [4.69, 9.17) is 17.9 Å². The Bertz CT molecular complexity index is 1660. The summed E-state index contributed by atoms with van der Waals surface area (Å²) in [6.07, 6.45) is 9.49. The van der Waals surface area contributed by atoms with Gasteiger partial charge < -0.3 is 8.94 Å². The fraction of sp³-hybridized carbons (Fsp3) is 0. The quantitative estimate of drug-likeness (QED) is 0.296. The largest absolute Gasteiger partial charge is 0.431 e. The molecule has 0 spiro atoms. The summed E-state index contributed by atoms with van der Waals surface area (Å²) in [7, 11) is 0. The Hall–Kier alpha value is -4.95. The zero-order valence-corrected chi connectivity index (χ0v) is 20.2. The standard InChI is InChI=1S/C23H13N9O3S2/c1-2-6-24-15(3-1)20-18(14-5-11-37-30-14)19(22-25-8-12-36-22)21(16-4-9-34-28-16)32(23-26-7-10-33-23)31(20)17-13-27-35-29-17/h1-13H. The number of hydrogen-bond donors (Lipinski definition) is 0. The van der Waals surface area contributed by atoms with Gasteiger partial charge in [-0.1, -0.05) is 16.4 Å². The van der Waals surface area contributed by atoms with Crippen molar-refractivity contribution in [1.29, 1.82) is 0 Å². The zero-order valence-electron chi connectivity index (χ0n) is 18.6. The van der Waals surface area contributed by atoms with E-state index in [0.717, 1.165) is 16.2 Å². The van der Waals surface area contributed by atoms with Crippen molar-refractivity contribution < 1.29 is 13.6 Å². The molecule has 14 heteroatoms. The van der Waals surface area contributed by atoms with E-state index in [1.807, 2.05) is 35.0 Å². The Labute approximate surface area is 215 Å². The van der Waals surface area contributed by atoms with Gasteiger partial charge in [0.1, 0.15) is 40.8 Å². The molecular formula is C23H13N9O3S2. The van der Waals surface area contributed by atoms with Crippen molar-refractivity contribution in [3.05, 3.63) is 100 Å². The van der Waals surface area contributed by atoms with Gasteiger partial charge in [-0.15, -0.1) is 11.3 Å². The van der Waals surface area contributed by atoms with Crippen LogP contribution < -0.4 is 10.0 Å². The van der Waals surface area contributed by atoms with Gasteiger partial charge in [0.15, 0.2) is 0 Å². The molecule has 180 valence electrons. The maximum atomic E-state index is 5.83. The number of nitrogens with zero attached hydrogens (tertiary/aromatic N) is 9. The van der Waals surface area contributed by atoms with Gasteiger partial charge in [0.25, 0.3) is 0 Å². The third-order valence-corrected chi connectivity index (χ3v) is 6.79. The Morgan fingerprint density at radius 1 is 0.757 bits per heavy atom. The number of aromatic nitrogens is 7. The highest BCUT2D eigenvalue weighted by atomic mass is 32.1. The lowest BCUT2D eigenvalue weighted by Gasteiger charge is -2.40. The third-order valence-electron chi connectivity index (χ3n) is 5.44. The summed E-state index contributed by atoms with van der Waals surface area (Å²) in [4.78, 5) is 13.8. The first-order valence-electron chi connectivity index (χ1n) is 10.8. The number of pyridine rings is 1. The number of allylic oxidation sites excluding steroid dienone is 2. The second-order valence-electron chi connectivity index (χ2n) is 7.47. The first kappa shape index (κ1) is 21.3. The molecule has 0 fully saturated rings. The van der Waals surface area contributed by atoms with Crippen LogP contribution in [0.1, 0.15) is 22.1 Å². The fourth-order valence-electron chi connectivity index (χ4n) is 4.08. The normalized spacial score (nSPS) is 14.2. The molecule has 7 rings (SSSR count). The van der Waals surface area contributed by atoms with Crippen molar-refractivity contribution in [3.8, 4) is 0 Å². The van der Waals surface area contributed by atoms with Gasteiger partial charge >= 0.3 is 6.01 Å². The minimum absolute atomic E-state index is 0.237. The third kappa shape index (κ3) is 3.54. The number of oxazole rings is 1. The number of thiazole rings is 1. The van der Waals surface area contributed by atoms with Crippen LogP contribution in [0.2, 0.25) is 0 Å². The van der Waals surface area contributed by atoms with E-state index in [-0.39, 0.29) is 6.01 Å². The lowest BCUT2D eigenvalue weighted by molar-refractivity contribution is 0.307. The van der Waals surface area contributed by atoms with E-state index < -0.39 is 0 Å². The van der Waals surface area contributed by atoms with Crippen LogP contribution in [0.3, 0.4) is 0 Å². The zero-order chi connectivity index (χ0) is 24.6. The fourth-order valence-corrected chi connectivity index (χ4v) is 5.28. The smallest absolute Gasteiger partial charge is 0.322 e. The van der Waals surface area contributed by atoms with Gasteiger partial charge in [-0.3, -0.25) is 4.98 Å². The molecule has 12 nitrogen and oxygen atoms in total. The molecule has 37 heavy (non-hydrogen) atoms. The Balaban J connectivity index is 1.68. The van der Waals surface area contributed by atoms with E-state index in [1.165, 1.54) is 41.6 Å². The topological polar surface area (TPSA) is 136 Å². The highest BCUT2D eigenvalue weighted by Crippen LogP contribution is 2.50. The van der Waals surface area contributed by atoms with Gasteiger partial charge in [-0.25, -0.2) is 19.6 Å². The average Bonchev–Trinajstić information content (AvgIpc) is 3.79. The summed E-state index contributed by atoms with van der Waals surface area (Å²) >= 11 is 2.82. The second-order valence-corrected chi connectivity index (χ2v) is 9.03. The Morgan fingerprint density at radius 2 is 1.73 bits per heavy atom. The van der Waals surface area contributed by atoms with Gasteiger partial charge in [-0.05, 0) is 34.9 Å². The molecule has 7 heterocycles. The molecule has 0 N–H and O–H groups in total. The predicted octanol–water partition coefficient (Wildman–Crippen LogP) is 4.73. The molecule has 0 aliphatic carbocycles. The highest BCUT2D eigenvalue weighted by molar-refractivity contribution is 7.11. The average molecular weight is 528 g/mol. The van der Waals surface area contributed by atoms with Crippen LogP contribution in [-0.2, 0) is 0 Å². The monoisotopic (exact) mass is 527 g/mol. The minimum Gasteiger partial charge on any atom is -0.431 e. The van der Waals surface area contributed by atoms with Crippen LogP contribution in [0.15, 0.2) is 92.0 Å². The molecule has 0 radical (unpaired) electrons. The maximum absolute atomic E-state index is 5.83. The second kappa shape index (κ2) is 8.92. The number of rotatable bonds is 6. The van der Waals surface area contributed by atoms with Crippen molar-refractivity contribution in [1.82, 2.24) is 34.8 Å². The van der Waals surface area contributed by atoms with E-state index in [9.17, 15) is 0 Å². The predicted molar refractivity (Wildman–Crippen MR) is 134 cm³/mol. The molecule has 1 aliphatic rings. The lowest BCUT2D eigenvalue weighted by atomic mass is 9.93. The molecule has 0 amide bonds. The Kier molecular flexibility index (Phi) is 5.15. The van der Waals surface area contributed by atoms with Crippen molar-refractivity contribution in [2.45, 2.75) is 0 Å². The van der Waals surface area contributed by atoms with Crippen molar-refractivity contribution in [2.24, 2.45) is 0 Å². The first-order chi connectivity index (χ1) is 18.4. The molecule has 0 saturated heterocycles. The highest BCUT2D eigenvalue weighted by Gasteiger charge is 2.43. The molecule has 0 unspecified atom stereocenters. The summed E-state index contributed by atoms with van der Waals surface area (Å²) in [6.45, 7) is 0. The lowest BCUT2D eigenvalue weighted by Crippen LogP contribution is -2.44. The van der Waals surface area contributed by atoms with Crippen molar-refractivity contribution in [2.75, 3.05) is 10.0 Å². The SMILES string of the molecule is c1ccc(C2=C(c3ccsn3)C(c3nccs3)=C(c3ccon3)N(c3ncco3)N2c2cnon2)nc1. The van der Waals surface area contributed by atoms with Gasteiger partial charge in [0, 0.05) is 34.8 Å². The van der Waals surface area contributed by atoms with Crippen molar-refractivity contribution >= 4 is 57.2 Å². The molecule has 0 atom stereocenters. The maximum Gasteiger partial charge on any atom is 0.322 e. The molecule has 1 aliphatic heterocycles. The number of hydrogen-bond acceptors (Lipinski definition) is 14. The van der Waals surface area contributed by atoms with Crippen molar-refractivity contribution in [3.63, 3.8) is 0 Å². The van der Waals surface area contributed by atoms with E-state index in [2.05, 4.69) is 30.4 Å². The summed E-state index contributed by atoms with van der Waals surface area (Å²) < 4.78 is 20.8. The molecule has 0 bridgehead atoms. The van der Waals surface area contributed by atoms with E-state index >= 15 is 0 Å².